The summed E-state index contributed by atoms with van der Waals surface area (Å²) in [6.07, 6.45) is 4.78. The van der Waals surface area contributed by atoms with Gasteiger partial charge in [-0.3, -0.25) is 9.59 Å². The van der Waals surface area contributed by atoms with Gasteiger partial charge in [0.25, 0.3) is 5.91 Å². The van der Waals surface area contributed by atoms with Gasteiger partial charge in [0.05, 0.1) is 0 Å². The Balaban J connectivity index is 1.72. The molecule has 0 aromatic heterocycles. The lowest BCUT2D eigenvalue weighted by atomic mass is 10.1. The van der Waals surface area contributed by atoms with Crippen LogP contribution in [0.25, 0.3) is 12.2 Å². The van der Waals surface area contributed by atoms with E-state index in [4.69, 9.17) is 0 Å². The van der Waals surface area contributed by atoms with Gasteiger partial charge in [-0.15, -0.1) is 0 Å². The molecule has 0 spiro atoms. The Bertz CT molecular complexity index is 995. The van der Waals surface area contributed by atoms with E-state index in [9.17, 15) is 9.59 Å². The summed E-state index contributed by atoms with van der Waals surface area (Å²) in [4.78, 5) is 25.1. The van der Waals surface area contributed by atoms with Gasteiger partial charge in [-0.2, -0.15) is 0 Å². The zero-order valence-corrected chi connectivity index (χ0v) is 15.9. The number of carbonyl (C=O) groups excluding carboxylic acids is 2. The molecule has 4 heteroatoms. The van der Waals surface area contributed by atoms with Gasteiger partial charge in [0.2, 0.25) is 5.91 Å². The third-order valence-corrected chi connectivity index (χ3v) is 4.14. The van der Waals surface area contributed by atoms with E-state index in [1.54, 1.807) is 12.2 Å². The molecule has 29 heavy (non-hydrogen) atoms. The first-order chi connectivity index (χ1) is 14.2. The summed E-state index contributed by atoms with van der Waals surface area (Å²) in [5, 5.41) is 5.55. The van der Waals surface area contributed by atoms with Crippen LogP contribution in [0.4, 0.5) is 0 Å². The lowest BCUT2D eigenvalue weighted by molar-refractivity contribution is -0.121. The average molecular weight is 382 g/mol. The summed E-state index contributed by atoms with van der Waals surface area (Å²) in [5.41, 5.74) is 2.90. The third-order valence-electron chi connectivity index (χ3n) is 4.14. The number of nitrogens with one attached hydrogen (secondary N) is 2. The van der Waals surface area contributed by atoms with Gasteiger partial charge in [-0.1, -0.05) is 91.0 Å². The van der Waals surface area contributed by atoms with Crippen molar-refractivity contribution in [2.45, 2.75) is 6.54 Å². The van der Waals surface area contributed by atoms with Gasteiger partial charge < -0.3 is 10.6 Å². The van der Waals surface area contributed by atoms with E-state index in [0.29, 0.717) is 6.54 Å². The molecule has 0 aliphatic heterocycles. The van der Waals surface area contributed by atoms with E-state index in [0.717, 1.165) is 16.7 Å². The van der Waals surface area contributed by atoms with Crippen LogP contribution in [0, 0.1) is 0 Å². The molecule has 2 amide bonds. The van der Waals surface area contributed by atoms with Crippen molar-refractivity contribution in [1.29, 1.82) is 0 Å². The summed E-state index contributed by atoms with van der Waals surface area (Å²) in [6, 6.07) is 28.5. The molecule has 4 nitrogen and oxygen atoms in total. The molecule has 0 fully saturated rings. The Kier molecular flexibility index (Phi) is 7.13. The number of benzene rings is 3. The van der Waals surface area contributed by atoms with E-state index in [-0.39, 0.29) is 17.5 Å². The maximum Gasteiger partial charge on any atom is 0.268 e. The highest BCUT2D eigenvalue weighted by atomic mass is 16.2. The highest BCUT2D eigenvalue weighted by molar-refractivity contribution is 6.04. The first-order valence-corrected chi connectivity index (χ1v) is 9.34. The monoisotopic (exact) mass is 382 g/mol. The molecule has 0 unspecified atom stereocenters. The molecule has 3 rings (SSSR count). The van der Waals surface area contributed by atoms with Gasteiger partial charge in [-0.05, 0) is 28.8 Å². The standard InChI is InChI=1S/C25H22N2O2/c28-24(17-16-20-10-4-1-5-11-20)27-23(18-21-12-6-2-7-13-21)25(29)26-19-22-14-8-3-9-15-22/h1-18H,19H2,(H,26,29)(H,27,28)/b17-16+,23-18+. The molecule has 2 N–H and O–H groups in total. The van der Waals surface area contributed by atoms with Crippen molar-refractivity contribution < 1.29 is 9.59 Å². The fraction of sp³-hybridized carbons (Fsp3) is 0.0400. The fourth-order valence-electron chi connectivity index (χ4n) is 2.66. The van der Waals surface area contributed by atoms with Crippen LogP contribution in [0.5, 0.6) is 0 Å². The van der Waals surface area contributed by atoms with Gasteiger partial charge in [0.15, 0.2) is 0 Å². The lowest BCUT2D eigenvalue weighted by Crippen LogP contribution is -2.33. The summed E-state index contributed by atoms with van der Waals surface area (Å²) in [5.74, 6) is -0.718. The molecule has 3 aromatic rings. The Morgan fingerprint density at radius 2 is 1.28 bits per heavy atom. The topological polar surface area (TPSA) is 58.2 Å². The van der Waals surface area contributed by atoms with Crippen LogP contribution < -0.4 is 10.6 Å². The smallest absolute Gasteiger partial charge is 0.268 e. The number of hydrogen-bond acceptors (Lipinski definition) is 2. The largest absolute Gasteiger partial charge is 0.347 e. The number of rotatable bonds is 7. The third kappa shape index (κ3) is 6.63. The maximum absolute atomic E-state index is 12.7. The normalized spacial score (nSPS) is 11.2. The van der Waals surface area contributed by atoms with Gasteiger partial charge in [0.1, 0.15) is 5.70 Å². The van der Waals surface area contributed by atoms with E-state index in [2.05, 4.69) is 10.6 Å². The Morgan fingerprint density at radius 3 is 1.90 bits per heavy atom. The van der Waals surface area contributed by atoms with Crippen molar-refractivity contribution in [3.8, 4) is 0 Å². The molecule has 3 aromatic carbocycles. The number of amides is 2. The first kappa shape index (κ1) is 19.8. The minimum Gasteiger partial charge on any atom is -0.347 e. The Morgan fingerprint density at radius 1 is 0.724 bits per heavy atom. The number of carbonyl (C=O) groups is 2. The minimum atomic E-state index is -0.370. The second-order valence-electron chi connectivity index (χ2n) is 6.37. The van der Waals surface area contributed by atoms with Crippen molar-refractivity contribution in [2.75, 3.05) is 0 Å². The first-order valence-electron chi connectivity index (χ1n) is 9.34. The van der Waals surface area contributed by atoms with E-state index in [1.165, 1.54) is 6.08 Å². The molecule has 0 saturated heterocycles. The molecule has 0 heterocycles. The molecule has 144 valence electrons. The van der Waals surface area contributed by atoms with Crippen LogP contribution >= 0.6 is 0 Å². The van der Waals surface area contributed by atoms with Gasteiger partial charge in [-0.25, -0.2) is 0 Å². The van der Waals surface area contributed by atoms with Gasteiger partial charge >= 0.3 is 0 Å². The van der Waals surface area contributed by atoms with E-state index < -0.39 is 0 Å². The van der Waals surface area contributed by atoms with Gasteiger partial charge in [0, 0.05) is 12.6 Å². The maximum atomic E-state index is 12.7. The zero-order chi connectivity index (χ0) is 20.3. The molecule has 0 aliphatic rings. The lowest BCUT2D eigenvalue weighted by Gasteiger charge is -2.10. The molecular formula is C25H22N2O2. The van der Waals surface area contributed by atoms with Crippen LogP contribution in [-0.2, 0) is 16.1 Å². The second kappa shape index (κ2) is 10.4. The van der Waals surface area contributed by atoms with Crippen LogP contribution in [0.15, 0.2) is 103 Å². The SMILES string of the molecule is O=C(/C=C/c1ccccc1)N/C(=C/c1ccccc1)C(=O)NCc1ccccc1. The van der Waals surface area contributed by atoms with Crippen LogP contribution in [0.1, 0.15) is 16.7 Å². The van der Waals surface area contributed by atoms with Crippen LogP contribution in [0.2, 0.25) is 0 Å². The van der Waals surface area contributed by atoms with Crippen molar-refractivity contribution >= 4 is 24.0 Å². The Labute approximate surface area is 170 Å². The van der Waals surface area contributed by atoms with E-state index in [1.807, 2.05) is 91.0 Å². The van der Waals surface area contributed by atoms with E-state index >= 15 is 0 Å². The predicted octanol–water partition coefficient (Wildman–Crippen LogP) is 4.17. The van der Waals surface area contributed by atoms with Crippen LogP contribution in [0.3, 0.4) is 0 Å². The quantitative estimate of drug-likeness (QED) is 0.603. The van der Waals surface area contributed by atoms with Crippen molar-refractivity contribution in [1.82, 2.24) is 10.6 Å². The summed E-state index contributed by atoms with van der Waals surface area (Å²) in [6.45, 7) is 0.377. The predicted molar refractivity (Wildman–Crippen MR) is 116 cm³/mol. The molecule has 0 atom stereocenters. The van der Waals surface area contributed by atoms with Crippen molar-refractivity contribution in [3.05, 3.63) is 119 Å². The molecule has 0 bridgehead atoms. The molecule has 0 saturated carbocycles. The highest BCUT2D eigenvalue weighted by Crippen LogP contribution is 2.07. The fourth-order valence-corrected chi connectivity index (χ4v) is 2.66. The molecule has 0 aliphatic carbocycles. The molecule has 0 radical (unpaired) electrons. The zero-order valence-electron chi connectivity index (χ0n) is 15.9. The summed E-state index contributed by atoms with van der Waals surface area (Å²) < 4.78 is 0. The Hall–Kier alpha value is -3.92. The van der Waals surface area contributed by atoms with Crippen LogP contribution in [-0.4, -0.2) is 11.8 Å². The minimum absolute atomic E-state index is 0.190. The summed E-state index contributed by atoms with van der Waals surface area (Å²) >= 11 is 0. The number of hydrogen-bond donors (Lipinski definition) is 2. The van der Waals surface area contributed by atoms with Crippen molar-refractivity contribution in [3.63, 3.8) is 0 Å². The van der Waals surface area contributed by atoms with Crippen molar-refractivity contribution in [2.24, 2.45) is 0 Å². The second-order valence-corrected chi connectivity index (χ2v) is 6.37. The highest BCUT2D eigenvalue weighted by Gasteiger charge is 2.12. The molecular weight excluding hydrogens is 360 g/mol. The summed E-state index contributed by atoms with van der Waals surface area (Å²) in [7, 11) is 0. The average Bonchev–Trinajstić information content (AvgIpc) is 2.78.